The smallest absolute Gasteiger partial charge is 0.0585 e. The lowest BCUT2D eigenvalue weighted by Gasteiger charge is -2.24. The van der Waals surface area contributed by atoms with Crippen LogP contribution in [0.4, 0.5) is 0 Å². The molecule has 110 valence electrons. The first-order valence-electron chi connectivity index (χ1n) is 7.84. The lowest BCUT2D eigenvalue weighted by Crippen LogP contribution is -2.37. The third kappa shape index (κ3) is 9.86. The second-order valence-corrected chi connectivity index (χ2v) is 5.17. The lowest BCUT2D eigenvalue weighted by atomic mass is 10.2. The van der Waals surface area contributed by atoms with Crippen LogP contribution in [0.25, 0.3) is 0 Å². The van der Waals surface area contributed by atoms with Crippen LogP contribution in [0, 0.1) is 0 Å². The number of nitrogens with one attached hydrogen (secondary N) is 1. The van der Waals surface area contributed by atoms with Gasteiger partial charge in [0, 0.05) is 6.04 Å². The lowest BCUT2D eigenvalue weighted by molar-refractivity contribution is 0.203. The summed E-state index contributed by atoms with van der Waals surface area (Å²) in [7, 11) is 0. The van der Waals surface area contributed by atoms with Crippen LogP contribution in [0.2, 0.25) is 0 Å². The molecule has 2 N–H and O–H groups in total. The summed E-state index contributed by atoms with van der Waals surface area (Å²) in [4.78, 5) is 2.56. The first-order chi connectivity index (χ1) is 8.78. The van der Waals surface area contributed by atoms with Crippen molar-refractivity contribution < 1.29 is 5.11 Å². The average molecular weight is 258 g/mol. The minimum absolute atomic E-state index is 0.259. The Morgan fingerprint density at radius 2 is 1.56 bits per heavy atom. The predicted octanol–water partition coefficient (Wildman–Crippen LogP) is 2.64. The van der Waals surface area contributed by atoms with Gasteiger partial charge in [-0.15, -0.1) is 0 Å². The molecular formula is C15H34N2O. The predicted molar refractivity (Wildman–Crippen MR) is 80.0 cm³/mol. The molecule has 3 heteroatoms. The van der Waals surface area contributed by atoms with Crippen LogP contribution < -0.4 is 5.32 Å². The van der Waals surface area contributed by atoms with E-state index in [4.69, 9.17) is 0 Å². The highest BCUT2D eigenvalue weighted by Gasteiger charge is 2.09. The number of aliphatic hydroxyl groups is 1. The fourth-order valence-corrected chi connectivity index (χ4v) is 2.04. The van der Waals surface area contributed by atoms with Gasteiger partial charge in [0.25, 0.3) is 0 Å². The Hall–Kier alpha value is -0.120. The fourth-order valence-electron chi connectivity index (χ4n) is 2.04. The van der Waals surface area contributed by atoms with Crippen LogP contribution in [0.5, 0.6) is 0 Å². The van der Waals surface area contributed by atoms with Gasteiger partial charge in [-0.05, 0) is 51.9 Å². The van der Waals surface area contributed by atoms with Crippen LogP contribution in [0.15, 0.2) is 0 Å². The summed E-state index contributed by atoms with van der Waals surface area (Å²) < 4.78 is 0. The Kier molecular flexibility index (Phi) is 13.2. The third-order valence-corrected chi connectivity index (χ3v) is 3.35. The van der Waals surface area contributed by atoms with Gasteiger partial charge in [0.2, 0.25) is 0 Å². The second kappa shape index (κ2) is 13.3. The molecule has 0 spiro atoms. The van der Waals surface area contributed by atoms with Gasteiger partial charge < -0.3 is 15.3 Å². The molecule has 0 saturated carbocycles. The van der Waals surface area contributed by atoms with E-state index in [0.717, 1.165) is 25.9 Å². The van der Waals surface area contributed by atoms with Crippen molar-refractivity contribution >= 4 is 0 Å². The van der Waals surface area contributed by atoms with Gasteiger partial charge in [-0.3, -0.25) is 0 Å². The highest BCUT2D eigenvalue weighted by Crippen LogP contribution is 2.02. The van der Waals surface area contributed by atoms with Crippen molar-refractivity contribution in [1.29, 1.82) is 0 Å². The molecule has 0 aliphatic rings. The average Bonchev–Trinajstić information content (AvgIpc) is 2.41. The van der Waals surface area contributed by atoms with Gasteiger partial charge in [0.05, 0.1) is 6.61 Å². The molecular weight excluding hydrogens is 224 g/mol. The van der Waals surface area contributed by atoms with Crippen LogP contribution >= 0.6 is 0 Å². The van der Waals surface area contributed by atoms with Crippen molar-refractivity contribution in [2.75, 3.05) is 32.8 Å². The highest BCUT2D eigenvalue weighted by atomic mass is 16.3. The number of aliphatic hydroxyl groups excluding tert-OH is 1. The molecule has 0 amide bonds. The van der Waals surface area contributed by atoms with E-state index in [1.54, 1.807) is 0 Å². The standard InChI is InChI=1S/C15H34N2O/c1-4-7-11-17(12-8-5-2)13-9-15(14-18)16-10-6-3/h15-16,18H,4-14H2,1-3H3. The van der Waals surface area contributed by atoms with E-state index < -0.39 is 0 Å². The zero-order valence-corrected chi connectivity index (χ0v) is 12.7. The summed E-state index contributed by atoms with van der Waals surface area (Å²) >= 11 is 0. The zero-order chi connectivity index (χ0) is 13.6. The maximum Gasteiger partial charge on any atom is 0.0585 e. The molecule has 0 saturated heterocycles. The van der Waals surface area contributed by atoms with Crippen molar-refractivity contribution in [2.45, 2.75) is 65.3 Å². The molecule has 18 heavy (non-hydrogen) atoms. The van der Waals surface area contributed by atoms with E-state index in [1.165, 1.54) is 38.8 Å². The largest absolute Gasteiger partial charge is 0.395 e. The van der Waals surface area contributed by atoms with Crippen molar-refractivity contribution in [3.63, 3.8) is 0 Å². The van der Waals surface area contributed by atoms with E-state index in [9.17, 15) is 5.11 Å². The van der Waals surface area contributed by atoms with E-state index in [0.29, 0.717) is 0 Å². The van der Waals surface area contributed by atoms with Gasteiger partial charge >= 0.3 is 0 Å². The molecule has 0 aliphatic heterocycles. The molecule has 1 unspecified atom stereocenters. The van der Waals surface area contributed by atoms with Crippen molar-refractivity contribution in [3.05, 3.63) is 0 Å². The maximum atomic E-state index is 9.34. The Morgan fingerprint density at radius 3 is 2.00 bits per heavy atom. The topological polar surface area (TPSA) is 35.5 Å². The summed E-state index contributed by atoms with van der Waals surface area (Å²) in [6.45, 7) is 11.5. The molecule has 0 heterocycles. The number of nitrogens with zero attached hydrogens (tertiary/aromatic N) is 1. The molecule has 0 aliphatic carbocycles. The molecule has 1 atom stereocenters. The monoisotopic (exact) mass is 258 g/mol. The Balaban J connectivity index is 3.88. The summed E-state index contributed by atoms with van der Waals surface area (Å²) in [5.41, 5.74) is 0. The normalized spacial score (nSPS) is 13.2. The number of rotatable bonds is 13. The van der Waals surface area contributed by atoms with Crippen molar-refractivity contribution in [1.82, 2.24) is 10.2 Å². The molecule has 0 radical (unpaired) electrons. The molecule has 0 aromatic carbocycles. The van der Waals surface area contributed by atoms with Crippen molar-refractivity contribution in [3.8, 4) is 0 Å². The van der Waals surface area contributed by atoms with Gasteiger partial charge in [-0.1, -0.05) is 33.6 Å². The van der Waals surface area contributed by atoms with Crippen LogP contribution in [0.3, 0.4) is 0 Å². The minimum Gasteiger partial charge on any atom is -0.395 e. The van der Waals surface area contributed by atoms with Gasteiger partial charge in [0.15, 0.2) is 0 Å². The first-order valence-corrected chi connectivity index (χ1v) is 7.84. The molecule has 3 nitrogen and oxygen atoms in total. The van der Waals surface area contributed by atoms with E-state index >= 15 is 0 Å². The Labute approximate surface area is 114 Å². The van der Waals surface area contributed by atoms with Crippen molar-refractivity contribution in [2.24, 2.45) is 0 Å². The Bertz CT molecular complexity index is 157. The van der Waals surface area contributed by atoms with E-state index in [2.05, 4.69) is 31.0 Å². The second-order valence-electron chi connectivity index (χ2n) is 5.17. The summed E-state index contributed by atoms with van der Waals surface area (Å²) in [6.07, 6.45) is 7.29. The van der Waals surface area contributed by atoms with Crippen LogP contribution in [-0.2, 0) is 0 Å². The quantitative estimate of drug-likeness (QED) is 0.533. The van der Waals surface area contributed by atoms with Gasteiger partial charge in [-0.25, -0.2) is 0 Å². The molecule has 0 rings (SSSR count). The maximum absolute atomic E-state index is 9.34. The summed E-state index contributed by atoms with van der Waals surface area (Å²) in [5.74, 6) is 0. The third-order valence-electron chi connectivity index (χ3n) is 3.35. The molecule has 0 bridgehead atoms. The number of hydrogen-bond donors (Lipinski definition) is 2. The number of unbranched alkanes of at least 4 members (excludes halogenated alkanes) is 2. The molecule has 0 aromatic rings. The Morgan fingerprint density at radius 1 is 0.944 bits per heavy atom. The molecule has 0 aromatic heterocycles. The van der Waals surface area contributed by atoms with E-state index in [1.807, 2.05) is 0 Å². The van der Waals surface area contributed by atoms with Crippen LogP contribution in [-0.4, -0.2) is 48.8 Å². The van der Waals surface area contributed by atoms with Gasteiger partial charge in [0.1, 0.15) is 0 Å². The first kappa shape index (κ1) is 17.9. The summed E-state index contributed by atoms with van der Waals surface area (Å²) in [5, 5.41) is 12.7. The van der Waals surface area contributed by atoms with E-state index in [-0.39, 0.29) is 12.6 Å². The fraction of sp³-hybridized carbons (Fsp3) is 1.00. The summed E-state index contributed by atoms with van der Waals surface area (Å²) in [6, 6.07) is 0.274. The molecule has 0 fully saturated rings. The minimum atomic E-state index is 0.259. The highest BCUT2D eigenvalue weighted by molar-refractivity contribution is 4.68. The van der Waals surface area contributed by atoms with Gasteiger partial charge in [-0.2, -0.15) is 0 Å². The van der Waals surface area contributed by atoms with Crippen LogP contribution in [0.1, 0.15) is 59.3 Å². The number of hydrogen-bond acceptors (Lipinski definition) is 3. The SMILES string of the molecule is CCCCN(CCCC)CCC(CO)NCCC. The zero-order valence-electron chi connectivity index (χ0n) is 12.7.